The topological polar surface area (TPSA) is 34.1 Å². The Morgan fingerprint density at radius 3 is 2.50 bits per heavy atom. The lowest BCUT2D eigenvalue weighted by atomic mass is 10.3. The normalized spacial score (nSPS) is 9.30. The van der Waals surface area contributed by atoms with Gasteiger partial charge in [0.2, 0.25) is 0 Å². The molecule has 1 aromatic heterocycles. The highest BCUT2D eigenvalue weighted by atomic mass is 127. The number of hydrogen-bond donors (Lipinski definition) is 0. The van der Waals surface area contributed by atoms with Crippen LogP contribution < -0.4 is 0 Å². The second-order valence-corrected chi connectivity index (χ2v) is 3.67. The lowest BCUT2D eigenvalue weighted by Gasteiger charge is -1.83. The molecule has 0 atom stereocenters. The average Bonchev–Trinajstić information content (AvgIpc) is 2.30. The van der Waals surface area contributed by atoms with E-state index >= 15 is 0 Å². The maximum atomic E-state index is 10.3. The lowest BCUT2D eigenvalue weighted by molar-refractivity contribution is 0.109. The van der Waals surface area contributed by atoms with Gasteiger partial charge in [0, 0.05) is 14.5 Å². The summed E-state index contributed by atoms with van der Waals surface area (Å²) in [6, 6.07) is 0. The van der Waals surface area contributed by atoms with Crippen molar-refractivity contribution in [3.8, 4) is 0 Å². The number of aldehydes is 2. The summed E-state index contributed by atoms with van der Waals surface area (Å²) in [5.74, 6) is 0. The van der Waals surface area contributed by atoms with Crippen LogP contribution in [0, 0.1) is 3.57 Å². The maximum Gasteiger partial charge on any atom is 0.160 e. The predicted molar refractivity (Wildman–Crippen MR) is 47.8 cm³/mol. The van der Waals surface area contributed by atoms with Crippen molar-refractivity contribution in [1.82, 2.24) is 0 Å². The zero-order chi connectivity index (χ0) is 7.56. The average molecular weight is 266 g/mol. The van der Waals surface area contributed by atoms with Crippen LogP contribution in [0.15, 0.2) is 5.38 Å². The van der Waals surface area contributed by atoms with E-state index in [0.29, 0.717) is 23.0 Å². The molecule has 0 radical (unpaired) electrons. The van der Waals surface area contributed by atoms with Gasteiger partial charge in [0.1, 0.15) is 0 Å². The van der Waals surface area contributed by atoms with E-state index in [4.69, 9.17) is 0 Å². The fraction of sp³-hybridized carbons (Fsp3) is 0. The minimum atomic E-state index is 0.513. The molecule has 0 unspecified atom stereocenters. The fourth-order valence-corrected chi connectivity index (χ4v) is 2.25. The van der Waals surface area contributed by atoms with Crippen molar-refractivity contribution in [2.75, 3.05) is 0 Å². The van der Waals surface area contributed by atoms with E-state index in [-0.39, 0.29) is 0 Å². The number of carbonyl (C=O) groups excluding carboxylic acids is 2. The zero-order valence-electron chi connectivity index (χ0n) is 4.83. The van der Waals surface area contributed by atoms with Crippen LogP contribution in [0.1, 0.15) is 20.0 Å². The predicted octanol–water partition coefficient (Wildman–Crippen LogP) is 1.98. The van der Waals surface area contributed by atoms with Gasteiger partial charge in [-0.2, -0.15) is 0 Å². The number of carbonyl (C=O) groups is 2. The third-order valence-corrected chi connectivity index (χ3v) is 3.28. The van der Waals surface area contributed by atoms with Crippen LogP contribution in [0.2, 0.25) is 0 Å². The number of halogens is 1. The van der Waals surface area contributed by atoms with Crippen LogP contribution in [0.4, 0.5) is 0 Å². The molecule has 0 N–H and O–H groups in total. The Morgan fingerprint density at radius 2 is 2.10 bits per heavy atom. The third-order valence-electron chi connectivity index (χ3n) is 1.04. The minimum Gasteiger partial charge on any atom is -0.298 e. The van der Waals surface area contributed by atoms with Gasteiger partial charge in [-0.3, -0.25) is 9.59 Å². The third kappa shape index (κ3) is 1.27. The summed E-state index contributed by atoms with van der Waals surface area (Å²) in [7, 11) is 0. The van der Waals surface area contributed by atoms with E-state index in [1.807, 2.05) is 22.6 Å². The summed E-state index contributed by atoms with van der Waals surface area (Å²) in [6.45, 7) is 0. The number of rotatable bonds is 2. The van der Waals surface area contributed by atoms with Crippen molar-refractivity contribution >= 4 is 46.5 Å². The molecular formula is C6H3IO2S. The molecule has 0 saturated carbocycles. The molecule has 4 heteroatoms. The molecule has 0 saturated heterocycles. The standard InChI is InChI=1S/C6H3IO2S/c7-5-3-10-6(2-9)4(5)1-8/h1-3H. The Labute approximate surface area is 75.4 Å². The molecule has 1 heterocycles. The molecule has 0 amide bonds. The van der Waals surface area contributed by atoms with E-state index in [0.717, 1.165) is 3.57 Å². The second kappa shape index (κ2) is 3.25. The molecule has 2 nitrogen and oxygen atoms in total. The quantitative estimate of drug-likeness (QED) is 0.606. The minimum absolute atomic E-state index is 0.513. The summed E-state index contributed by atoms with van der Waals surface area (Å²) in [5.41, 5.74) is 0.514. The monoisotopic (exact) mass is 266 g/mol. The Morgan fingerprint density at radius 1 is 1.40 bits per heavy atom. The molecule has 0 aromatic carbocycles. The molecule has 0 aliphatic rings. The first kappa shape index (κ1) is 7.87. The molecule has 1 rings (SSSR count). The highest BCUT2D eigenvalue weighted by Crippen LogP contribution is 2.20. The molecular weight excluding hydrogens is 263 g/mol. The van der Waals surface area contributed by atoms with Crippen LogP contribution >= 0.6 is 33.9 Å². The summed E-state index contributed by atoms with van der Waals surface area (Å²) >= 11 is 3.32. The Hall–Kier alpha value is -0.230. The number of thiophene rings is 1. The van der Waals surface area contributed by atoms with Gasteiger partial charge in [0.25, 0.3) is 0 Å². The van der Waals surface area contributed by atoms with Crippen molar-refractivity contribution < 1.29 is 9.59 Å². The molecule has 0 aliphatic heterocycles. The molecule has 0 aliphatic carbocycles. The van der Waals surface area contributed by atoms with Crippen molar-refractivity contribution in [2.45, 2.75) is 0 Å². The summed E-state index contributed by atoms with van der Waals surface area (Å²) < 4.78 is 0.847. The van der Waals surface area contributed by atoms with Crippen LogP contribution in [0.5, 0.6) is 0 Å². The lowest BCUT2D eigenvalue weighted by Crippen LogP contribution is -1.84. The van der Waals surface area contributed by atoms with Gasteiger partial charge in [-0.05, 0) is 22.6 Å². The fourth-order valence-electron chi connectivity index (χ4n) is 0.566. The van der Waals surface area contributed by atoms with Gasteiger partial charge < -0.3 is 0 Å². The molecule has 0 spiro atoms. The SMILES string of the molecule is O=Cc1scc(I)c1C=O. The summed E-state index contributed by atoms with van der Waals surface area (Å²) in [6.07, 6.45) is 1.42. The molecule has 1 aromatic rings. The van der Waals surface area contributed by atoms with Crippen LogP contribution in [0.3, 0.4) is 0 Å². The van der Waals surface area contributed by atoms with E-state index < -0.39 is 0 Å². The first-order valence-corrected chi connectivity index (χ1v) is 4.42. The molecule has 10 heavy (non-hydrogen) atoms. The van der Waals surface area contributed by atoms with E-state index in [1.165, 1.54) is 11.3 Å². The number of hydrogen-bond acceptors (Lipinski definition) is 3. The van der Waals surface area contributed by atoms with Crippen molar-refractivity contribution in [3.63, 3.8) is 0 Å². The van der Waals surface area contributed by atoms with Crippen LogP contribution in [0.25, 0.3) is 0 Å². The summed E-state index contributed by atoms with van der Waals surface area (Å²) in [4.78, 5) is 21.1. The first-order valence-electron chi connectivity index (χ1n) is 2.47. The van der Waals surface area contributed by atoms with Crippen LogP contribution in [-0.4, -0.2) is 12.6 Å². The molecule has 0 fully saturated rings. The highest BCUT2D eigenvalue weighted by Gasteiger charge is 2.06. The maximum absolute atomic E-state index is 10.3. The van der Waals surface area contributed by atoms with Crippen molar-refractivity contribution in [1.29, 1.82) is 0 Å². The Bertz CT molecular complexity index is 267. The molecule has 52 valence electrons. The Balaban J connectivity index is 3.25. The highest BCUT2D eigenvalue weighted by molar-refractivity contribution is 14.1. The van der Waals surface area contributed by atoms with Gasteiger partial charge in [0.05, 0.1) is 4.88 Å². The van der Waals surface area contributed by atoms with Gasteiger partial charge in [0.15, 0.2) is 12.6 Å². The van der Waals surface area contributed by atoms with Gasteiger partial charge in [-0.1, -0.05) is 0 Å². The largest absolute Gasteiger partial charge is 0.298 e. The zero-order valence-corrected chi connectivity index (χ0v) is 7.81. The second-order valence-electron chi connectivity index (χ2n) is 1.60. The first-order chi connectivity index (χ1) is 4.79. The van der Waals surface area contributed by atoms with Crippen LogP contribution in [-0.2, 0) is 0 Å². The van der Waals surface area contributed by atoms with Crippen molar-refractivity contribution in [2.24, 2.45) is 0 Å². The summed E-state index contributed by atoms with van der Waals surface area (Å²) in [5, 5.41) is 1.79. The van der Waals surface area contributed by atoms with Crippen molar-refractivity contribution in [3.05, 3.63) is 19.4 Å². The van der Waals surface area contributed by atoms with E-state index in [1.54, 1.807) is 5.38 Å². The molecule has 0 bridgehead atoms. The van der Waals surface area contributed by atoms with Gasteiger partial charge in [-0.15, -0.1) is 11.3 Å². The van der Waals surface area contributed by atoms with Gasteiger partial charge in [-0.25, -0.2) is 0 Å². The van der Waals surface area contributed by atoms with E-state index in [9.17, 15) is 9.59 Å². The smallest absolute Gasteiger partial charge is 0.160 e. The van der Waals surface area contributed by atoms with E-state index in [2.05, 4.69) is 0 Å². The Kier molecular flexibility index (Phi) is 2.56. The van der Waals surface area contributed by atoms with Gasteiger partial charge >= 0.3 is 0 Å².